The average Bonchev–Trinajstić information content (AvgIpc) is 2.62. The fraction of sp³-hybridized carbons (Fsp3) is 0.125. The number of hydrogen-bond donors (Lipinski definition) is 0. The van der Waals surface area contributed by atoms with E-state index in [1.54, 1.807) is 0 Å². The molecule has 1 aliphatic rings. The van der Waals surface area contributed by atoms with Crippen molar-refractivity contribution in [1.29, 1.82) is 0 Å². The molecule has 0 bridgehead atoms. The molecule has 0 saturated carbocycles. The van der Waals surface area contributed by atoms with Gasteiger partial charge in [-0.15, -0.1) is 0 Å². The zero-order chi connectivity index (χ0) is 11.5. The van der Waals surface area contributed by atoms with Gasteiger partial charge in [-0.1, -0.05) is 54.6 Å². The van der Waals surface area contributed by atoms with Crippen LogP contribution in [0.15, 0.2) is 60.7 Å². The highest BCUT2D eigenvalue weighted by atomic mass is 15.1. The maximum Gasteiger partial charge on any atom is 0.0438 e. The van der Waals surface area contributed by atoms with Crippen molar-refractivity contribution in [2.45, 2.75) is 6.54 Å². The standard InChI is InChI=1S/C16H15N/c1-2-10-16(11-3-1)17-12-6-9-14-7-4-5-8-15(14)13-17/h1-11H,12-13H2. The van der Waals surface area contributed by atoms with Gasteiger partial charge in [0.15, 0.2) is 0 Å². The molecule has 84 valence electrons. The summed E-state index contributed by atoms with van der Waals surface area (Å²) in [6.45, 7) is 1.95. The van der Waals surface area contributed by atoms with Gasteiger partial charge < -0.3 is 4.90 Å². The van der Waals surface area contributed by atoms with E-state index >= 15 is 0 Å². The van der Waals surface area contributed by atoms with Gasteiger partial charge >= 0.3 is 0 Å². The van der Waals surface area contributed by atoms with Gasteiger partial charge in [0.05, 0.1) is 0 Å². The molecule has 17 heavy (non-hydrogen) atoms. The van der Waals surface area contributed by atoms with E-state index in [1.165, 1.54) is 16.8 Å². The number of fused-ring (bicyclic) bond motifs is 1. The number of hydrogen-bond acceptors (Lipinski definition) is 1. The second-order valence-electron chi connectivity index (χ2n) is 4.32. The summed E-state index contributed by atoms with van der Waals surface area (Å²) in [6, 6.07) is 19.2. The van der Waals surface area contributed by atoms with Crippen molar-refractivity contribution in [3.63, 3.8) is 0 Å². The van der Waals surface area contributed by atoms with E-state index < -0.39 is 0 Å². The summed E-state index contributed by atoms with van der Waals surface area (Å²) < 4.78 is 0. The molecule has 1 nitrogen and oxygen atoms in total. The highest BCUT2D eigenvalue weighted by molar-refractivity contribution is 5.59. The van der Waals surface area contributed by atoms with Crippen LogP contribution in [0.25, 0.3) is 6.08 Å². The molecular weight excluding hydrogens is 206 g/mol. The summed E-state index contributed by atoms with van der Waals surface area (Å²) in [6.07, 6.45) is 4.46. The van der Waals surface area contributed by atoms with Crippen molar-refractivity contribution in [3.8, 4) is 0 Å². The third-order valence-corrected chi connectivity index (χ3v) is 3.16. The van der Waals surface area contributed by atoms with E-state index in [-0.39, 0.29) is 0 Å². The first kappa shape index (κ1) is 10.2. The van der Waals surface area contributed by atoms with Crippen LogP contribution in [0.2, 0.25) is 0 Å². The summed E-state index contributed by atoms with van der Waals surface area (Å²) in [7, 11) is 0. The Hall–Kier alpha value is -2.02. The molecule has 2 aromatic carbocycles. The van der Waals surface area contributed by atoms with E-state index in [0.717, 1.165) is 13.1 Å². The van der Waals surface area contributed by atoms with Crippen LogP contribution in [0.4, 0.5) is 5.69 Å². The summed E-state index contributed by atoms with van der Waals surface area (Å²) in [5.41, 5.74) is 4.02. The van der Waals surface area contributed by atoms with Crippen molar-refractivity contribution < 1.29 is 0 Å². The zero-order valence-electron chi connectivity index (χ0n) is 9.71. The van der Waals surface area contributed by atoms with Gasteiger partial charge in [0.25, 0.3) is 0 Å². The van der Waals surface area contributed by atoms with E-state index in [9.17, 15) is 0 Å². The van der Waals surface area contributed by atoms with Crippen LogP contribution in [0.5, 0.6) is 0 Å². The SMILES string of the molecule is C1=Cc2ccccc2CN(c2ccccc2)C1. The first-order valence-corrected chi connectivity index (χ1v) is 5.98. The second kappa shape index (κ2) is 4.46. The Morgan fingerprint density at radius 2 is 1.59 bits per heavy atom. The van der Waals surface area contributed by atoms with Crippen molar-refractivity contribution in [2.75, 3.05) is 11.4 Å². The van der Waals surface area contributed by atoms with Crippen LogP contribution in [-0.4, -0.2) is 6.54 Å². The van der Waals surface area contributed by atoms with Crippen LogP contribution >= 0.6 is 0 Å². The Morgan fingerprint density at radius 1 is 0.824 bits per heavy atom. The summed E-state index contributed by atoms with van der Waals surface area (Å²) >= 11 is 0. The summed E-state index contributed by atoms with van der Waals surface area (Å²) in [4.78, 5) is 2.39. The Labute approximate surface area is 102 Å². The van der Waals surface area contributed by atoms with E-state index in [1.807, 2.05) is 0 Å². The zero-order valence-corrected chi connectivity index (χ0v) is 9.71. The quantitative estimate of drug-likeness (QED) is 0.709. The molecule has 0 fully saturated rings. The molecule has 0 saturated heterocycles. The van der Waals surface area contributed by atoms with E-state index in [0.29, 0.717) is 0 Å². The minimum atomic E-state index is 0.971. The summed E-state index contributed by atoms with van der Waals surface area (Å²) in [5.74, 6) is 0. The van der Waals surface area contributed by atoms with Gasteiger partial charge in [-0.2, -0.15) is 0 Å². The third-order valence-electron chi connectivity index (χ3n) is 3.16. The second-order valence-corrected chi connectivity index (χ2v) is 4.32. The largest absolute Gasteiger partial charge is 0.363 e. The normalized spacial score (nSPS) is 14.2. The van der Waals surface area contributed by atoms with E-state index in [2.05, 4.69) is 71.6 Å². The highest BCUT2D eigenvalue weighted by Gasteiger charge is 2.10. The van der Waals surface area contributed by atoms with Gasteiger partial charge in [0, 0.05) is 18.8 Å². The Kier molecular flexibility index (Phi) is 2.66. The maximum absolute atomic E-state index is 2.39. The van der Waals surface area contributed by atoms with Crippen molar-refractivity contribution in [1.82, 2.24) is 0 Å². The summed E-state index contributed by atoms with van der Waals surface area (Å²) in [5, 5.41) is 0. The lowest BCUT2D eigenvalue weighted by atomic mass is 10.1. The van der Waals surface area contributed by atoms with Gasteiger partial charge in [0.2, 0.25) is 0 Å². The third kappa shape index (κ3) is 2.09. The molecule has 1 heteroatoms. The van der Waals surface area contributed by atoms with Crippen LogP contribution in [-0.2, 0) is 6.54 Å². The number of benzene rings is 2. The van der Waals surface area contributed by atoms with Crippen LogP contribution in [0.1, 0.15) is 11.1 Å². The Bertz CT molecular complexity index is 528. The molecule has 0 amide bonds. The lowest BCUT2D eigenvalue weighted by Crippen LogP contribution is -2.21. The molecule has 0 spiro atoms. The fourth-order valence-corrected chi connectivity index (χ4v) is 2.25. The van der Waals surface area contributed by atoms with Crippen molar-refractivity contribution in [3.05, 3.63) is 71.8 Å². The van der Waals surface area contributed by atoms with Gasteiger partial charge in [-0.3, -0.25) is 0 Å². The smallest absolute Gasteiger partial charge is 0.0438 e. The number of anilines is 1. The number of para-hydroxylation sites is 1. The Balaban J connectivity index is 1.95. The lowest BCUT2D eigenvalue weighted by molar-refractivity contribution is 0.874. The highest BCUT2D eigenvalue weighted by Crippen LogP contribution is 2.22. The fourth-order valence-electron chi connectivity index (χ4n) is 2.25. The average molecular weight is 221 g/mol. The predicted octanol–water partition coefficient (Wildman–Crippen LogP) is 3.72. The Morgan fingerprint density at radius 3 is 2.47 bits per heavy atom. The molecule has 0 atom stereocenters. The minimum absolute atomic E-state index is 0.971. The minimum Gasteiger partial charge on any atom is -0.363 e. The monoisotopic (exact) mass is 221 g/mol. The molecule has 1 aliphatic heterocycles. The van der Waals surface area contributed by atoms with Crippen molar-refractivity contribution in [2.24, 2.45) is 0 Å². The van der Waals surface area contributed by atoms with Crippen molar-refractivity contribution >= 4 is 11.8 Å². The van der Waals surface area contributed by atoms with Crippen LogP contribution in [0, 0.1) is 0 Å². The van der Waals surface area contributed by atoms with Crippen LogP contribution in [0.3, 0.4) is 0 Å². The number of nitrogens with zero attached hydrogens (tertiary/aromatic N) is 1. The predicted molar refractivity (Wildman–Crippen MR) is 73.0 cm³/mol. The lowest BCUT2D eigenvalue weighted by Gasteiger charge is -2.22. The molecule has 1 heterocycles. The van der Waals surface area contributed by atoms with Gasteiger partial charge in [-0.25, -0.2) is 0 Å². The molecule has 0 unspecified atom stereocenters. The van der Waals surface area contributed by atoms with Gasteiger partial charge in [-0.05, 0) is 23.3 Å². The first-order chi connectivity index (χ1) is 8.43. The maximum atomic E-state index is 2.39. The molecule has 0 N–H and O–H groups in total. The van der Waals surface area contributed by atoms with Crippen LogP contribution < -0.4 is 4.90 Å². The molecule has 0 radical (unpaired) electrons. The topological polar surface area (TPSA) is 3.24 Å². The molecule has 2 aromatic rings. The molecule has 3 rings (SSSR count). The van der Waals surface area contributed by atoms with E-state index in [4.69, 9.17) is 0 Å². The molecular formula is C16H15N. The molecule has 0 aliphatic carbocycles. The number of rotatable bonds is 1. The first-order valence-electron chi connectivity index (χ1n) is 5.98. The van der Waals surface area contributed by atoms with Gasteiger partial charge in [0.1, 0.15) is 0 Å². The molecule has 0 aromatic heterocycles.